The van der Waals surface area contributed by atoms with E-state index in [1.165, 1.54) is 32.1 Å². The molecule has 3 nitrogen and oxygen atoms in total. The minimum Gasteiger partial charge on any atom is -0.481 e. The third kappa shape index (κ3) is 3.71. The maximum atomic E-state index is 11.4. The van der Waals surface area contributed by atoms with Gasteiger partial charge in [-0.15, -0.1) is 0 Å². The van der Waals surface area contributed by atoms with Crippen molar-refractivity contribution in [1.82, 2.24) is 5.32 Å². The molecule has 0 aromatic rings. The van der Waals surface area contributed by atoms with E-state index < -0.39 is 11.4 Å². The Morgan fingerprint density at radius 1 is 1.28 bits per heavy atom. The Kier molecular flexibility index (Phi) is 6.13. The van der Waals surface area contributed by atoms with Crippen molar-refractivity contribution in [2.45, 2.75) is 71.8 Å². The smallest absolute Gasteiger partial charge is 0.310 e. The van der Waals surface area contributed by atoms with Crippen LogP contribution in [0.25, 0.3) is 0 Å². The van der Waals surface area contributed by atoms with Gasteiger partial charge in [0, 0.05) is 12.6 Å². The molecule has 0 spiro atoms. The van der Waals surface area contributed by atoms with E-state index in [1.54, 1.807) is 0 Å². The third-order valence-electron chi connectivity index (χ3n) is 4.93. The molecule has 1 aliphatic carbocycles. The molecule has 0 aliphatic heterocycles. The quantitative estimate of drug-likeness (QED) is 0.732. The second-order valence-electron chi connectivity index (χ2n) is 5.86. The van der Waals surface area contributed by atoms with Crippen LogP contribution in [0.4, 0.5) is 0 Å². The average molecular weight is 255 g/mol. The molecule has 0 saturated heterocycles. The maximum absolute atomic E-state index is 11.4. The van der Waals surface area contributed by atoms with Gasteiger partial charge in [0.1, 0.15) is 0 Å². The van der Waals surface area contributed by atoms with Gasteiger partial charge in [-0.3, -0.25) is 4.79 Å². The Labute approximate surface area is 111 Å². The van der Waals surface area contributed by atoms with E-state index in [9.17, 15) is 9.90 Å². The minimum absolute atomic E-state index is 0.446. The second kappa shape index (κ2) is 7.13. The number of carbonyl (C=O) groups is 1. The number of nitrogens with one attached hydrogen (secondary N) is 1. The zero-order chi connectivity index (χ0) is 13.6. The molecule has 0 aromatic heterocycles. The van der Waals surface area contributed by atoms with Crippen LogP contribution < -0.4 is 5.32 Å². The predicted octanol–water partition coefficient (Wildman–Crippen LogP) is 3.44. The fourth-order valence-corrected chi connectivity index (χ4v) is 3.04. The van der Waals surface area contributed by atoms with Crippen LogP contribution in [0.2, 0.25) is 0 Å². The molecule has 18 heavy (non-hydrogen) atoms. The largest absolute Gasteiger partial charge is 0.481 e. The average Bonchev–Trinajstić information content (AvgIpc) is 2.41. The number of rotatable bonds is 7. The van der Waals surface area contributed by atoms with Crippen molar-refractivity contribution in [1.29, 1.82) is 0 Å². The first-order valence-electron chi connectivity index (χ1n) is 7.52. The van der Waals surface area contributed by atoms with E-state index in [-0.39, 0.29) is 0 Å². The molecule has 0 bridgehead atoms. The van der Waals surface area contributed by atoms with E-state index in [4.69, 9.17) is 0 Å². The van der Waals surface area contributed by atoms with Gasteiger partial charge in [-0.05, 0) is 38.5 Å². The fourth-order valence-electron chi connectivity index (χ4n) is 3.04. The first kappa shape index (κ1) is 15.5. The van der Waals surface area contributed by atoms with E-state index in [2.05, 4.69) is 12.2 Å². The minimum atomic E-state index is -0.657. The lowest BCUT2D eigenvalue weighted by atomic mass is 9.80. The zero-order valence-corrected chi connectivity index (χ0v) is 12.2. The lowest BCUT2D eigenvalue weighted by molar-refractivity contribution is -0.149. The summed E-state index contributed by atoms with van der Waals surface area (Å²) in [6.07, 6.45) is 8.03. The molecule has 0 amide bonds. The molecule has 106 valence electrons. The zero-order valence-electron chi connectivity index (χ0n) is 12.2. The van der Waals surface area contributed by atoms with E-state index in [1.807, 2.05) is 13.8 Å². The van der Waals surface area contributed by atoms with Crippen LogP contribution in [0.1, 0.15) is 65.7 Å². The summed E-state index contributed by atoms with van der Waals surface area (Å²) in [5.41, 5.74) is -0.580. The lowest BCUT2D eigenvalue weighted by Crippen LogP contribution is -2.45. The van der Waals surface area contributed by atoms with E-state index in [0.717, 1.165) is 5.92 Å². The molecule has 1 atom stereocenters. The van der Waals surface area contributed by atoms with Crippen LogP contribution in [0, 0.1) is 11.3 Å². The van der Waals surface area contributed by atoms with Crippen molar-refractivity contribution in [3.05, 3.63) is 0 Å². The van der Waals surface area contributed by atoms with Crippen LogP contribution in [-0.4, -0.2) is 23.7 Å². The summed E-state index contributed by atoms with van der Waals surface area (Å²) < 4.78 is 0. The summed E-state index contributed by atoms with van der Waals surface area (Å²) in [4.78, 5) is 11.4. The number of hydrogen-bond donors (Lipinski definition) is 2. The van der Waals surface area contributed by atoms with Crippen LogP contribution in [0.15, 0.2) is 0 Å². The molecule has 0 radical (unpaired) electrons. The van der Waals surface area contributed by atoms with Gasteiger partial charge in [0.15, 0.2) is 0 Å². The first-order chi connectivity index (χ1) is 8.55. The molecule has 2 N–H and O–H groups in total. The summed E-state index contributed by atoms with van der Waals surface area (Å²) in [5, 5.41) is 12.9. The Hall–Kier alpha value is -0.570. The highest BCUT2D eigenvalue weighted by Gasteiger charge is 2.35. The topological polar surface area (TPSA) is 49.3 Å². The van der Waals surface area contributed by atoms with Crippen LogP contribution >= 0.6 is 0 Å². The van der Waals surface area contributed by atoms with Crippen molar-refractivity contribution >= 4 is 5.97 Å². The molecular weight excluding hydrogens is 226 g/mol. The number of hydrogen-bond acceptors (Lipinski definition) is 2. The molecule has 1 unspecified atom stereocenters. The van der Waals surface area contributed by atoms with Gasteiger partial charge in [-0.25, -0.2) is 0 Å². The molecule has 3 heteroatoms. The molecule has 0 aromatic carbocycles. The highest BCUT2D eigenvalue weighted by atomic mass is 16.4. The SMILES string of the molecule is CCC(CC)(CNC(C)C1CCCCC1)C(=O)O. The van der Waals surface area contributed by atoms with Gasteiger partial charge in [0.25, 0.3) is 0 Å². The molecule has 0 heterocycles. The summed E-state index contributed by atoms with van der Waals surface area (Å²) in [6.45, 7) is 6.77. The summed E-state index contributed by atoms with van der Waals surface area (Å²) in [6, 6.07) is 0.446. The number of aliphatic carboxylic acids is 1. The first-order valence-corrected chi connectivity index (χ1v) is 7.52. The monoisotopic (exact) mass is 255 g/mol. The van der Waals surface area contributed by atoms with Crippen molar-refractivity contribution in [3.63, 3.8) is 0 Å². The number of carboxylic acids is 1. The van der Waals surface area contributed by atoms with Gasteiger partial charge in [0.05, 0.1) is 5.41 Å². The van der Waals surface area contributed by atoms with Crippen molar-refractivity contribution < 1.29 is 9.90 Å². The van der Waals surface area contributed by atoms with Gasteiger partial charge in [-0.2, -0.15) is 0 Å². The van der Waals surface area contributed by atoms with Crippen LogP contribution in [0.5, 0.6) is 0 Å². The van der Waals surface area contributed by atoms with E-state index in [0.29, 0.717) is 25.4 Å². The standard InChI is InChI=1S/C15H29NO2/c1-4-15(5-2,14(17)18)11-16-12(3)13-9-7-6-8-10-13/h12-13,16H,4-11H2,1-3H3,(H,17,18). The fraction of sp³-hybridized carbons (Fsp3) is 0.933. The van der Waals surface area contributed by atoms with Gasteiger partial charge >= 0.3 is 5.97 Å². The van der Waals surface area contributed by atoms with Crippen molar-refractivity contribution in [2.24, 2.45) is 11.3 Å². The summed E-state index contributed by atoms with van der Waals surface area (Å²) in [7, 11) is 0. The normalized spacial score (nSPS) is 19.7. The van der Waals surface area contributed by atoms with E-state index >= 15 is 0 Å². The Bertz CT molecular complexity index is 255. The third-order valence-corrected chi connectivity index (χ3v) is 4.93. The predicted molar refractivity (Wildman–Crippen MR) is 74.7 cm³/mol. The molecule has 1 saturated carbocycles. The highest BCUT2D eigenvalue weighted by molar-refractivity contribution is 5.74. The lowest BCUT2D eigenvalue weighted by Gasteiger charge is -2.33. The Morgan fingerprint density at radius 3 is 2.28 bits per heavy atom. The van der Waals surface area contributed by atoms with Crippen LogP contribution in [-0.2, 0) is 4.79 Å². The number of carboxylic acid groups (broad SMARTS) is 1. The molecule has 1 rings (SSSR count). The van der Waals surface area contributed by atoms with Gasteiger partial charge in [0.2, 0.25) is 0 Å². The van der Waals surface area contributed by atoms with Crippen molar-refractivity contribution in [3.8, 4) is 0 Å². The molecule has 1 aliphatic rings. The summed E-state index contributed by atoms with van der Waals surface area (Å²) >= 11 is 0. The highest BCUT2D eigenvalue weighted by Crippen LogP contribution is 2.29. The van der Waals surface area contributed by atoms with Crippen molar-refractivity contribution in [2.75, 3.05) is 6.54 Å². The Balaban J connectivity index is 2.48. The van der Waals surface area contributed by atoms with Gasteiger partial charge < -0.3 is 10.4 Å². The summed E-state index contributed by atoms with van der Waals surface area (Å²) in [5.74, 6) is 0.0785. The Morgan fingerprint density at radius 2 is 1.83 bits per heavy atom. The van der Waals surface area contributed by atoms with Gasteiger partial charge in [-0.1, -0.05) is 33.1 Å². The molecule has 1 fully saturated rings. The maximum Gasteiger partial charge on any atom is 0.310 e. The second-order valence-corrected chi connectivity index (χ2v) is 5.86. The molecular formula is C15H29NO2. The van der Waals surface area contributed by atoms with Crippen LogP contribution in [0.3, 0.4) is 0 Å².